The zero-order valence-corrected chi connectivity index (χ0v) is 37.7. The maximum absolute atomic E-state index is 13.6. The first-order valence-corrected chi connectivity index (χ1v) is 21.7. The Morgan fingerprint density at radius 3 is 2.34 bits per heavy atom. The van der Waals surface area contributed by atoms with E-state index in [0.29, 0.717) is 28.4 Å². The predicted octanol–water partition coefficient (Wildman–Crippen LogP) is 6.48. The summed E-state index contributed by atoms with van der Waals surface area (Å²) in [5, 5.41) is 24.0. The highest BCUT2D eigenvalue weighted by Gasteiger charge is 2.26. The van der Waals surface area contributed by atoms with Crippen molar-refractivity contribution in [2.24, 2.45) is 11.0 Å². The number of azide groups is 1. The van der Waals surface area contributed by atoms with Gasteiger partial charge >= 0.3 is 5.97 Å². The number of hydrogen-bond donors (Lipinski definition) is 4. The van der Waals surface area contributed by atoms with E-state index in [4.69, 9.17) is 24.5 Å². The van der Waals surface area contributed by atoms with Gasteiger partial charge < -0.3 is 40.0 Å². The van der Waals surface area contributed by atoms with Gasteiger partial charge in [0, 0.05) is 51.4 Å². The molecule has 1 heterocycles. The average molecular weight is 885 g/mol. The van der Waals surface area contributed by atoms with Gasteiger partial charge in [-0.05, 0) is 120 Å². The molecule has 5 rings (SSSR count). The van der Waals surface area contributed by atoms with Crippen LogP contribution in [0.15, 0.2) is 71.8 Å². The molecule has 1 unspecified atom stereocenters. The number of carbonyl (C=O) groups excluding carboxylic acids is 3. The zero-order chi connectivity index (χ0) is 46.9. The van der Waals surface area contributed by atoms with Crippen molar-refractivity contribution in [3.8, 4) is 29.1 Å². The molecule has 0 saturated heterocycles. The van der Waals surface area contributed by atoms with Crippen molar-refractivity contribution < 1.29 is 43.2 Å². The fourth-order valence-electron chi connectivity index (χ4n) is 7.08. The lowest BCUT2D eigenvalue weighted by molar-refractivity contribution is -0.126. The van der Waals surface area contributed by atoms with E-state index in [-0.39, 0.29) is 74.6 Å². The van der Waals surface area contributed by atoms with Crippen LogP contribution in [0.3, 0.4) is 0 Å². The van der Waals surface area contributed by atoms with E-state index in [2.05, 4.69) is 57.7 Å². The van der Waals surface area contributed by atoms with E-state index in [1.54, 1.807) is 24.3 Å². The van der Waals surface area contributed by atoms with Gasteiger partial charge in [-0.25, -0.2) is 4.79 Å². The molecular weight excluding hydrogens is 829 g/mol. The van der Waals surface area contributed by atoms with Crippen LogP contribution in [0.2, 0.25) is 0 Å². The minimum atomic E-state index is -1.13. The largest absolute Gasteiger partial charge is 0.491 e. The minimum Gasteiger partial charge on any atom is -0.491 e. The number of fused-ring (bicyclic) bond motifs is 2. The molecule has 1 atom stereocenters. The maximum Gasteiger partial charge on any atom is 0.336 e. The summed E-state index contributed by atoms with van der Waals surface area (Å²) < 4.78 is 23.1. The molecule has 4 N–H and O–H groups in total. The summed E-state index contributed by atoms with van der Waals surface area (Å²) in [5.74, 6) is 5.24. The van der Waals surface area contributed by atoms with E-state index < -0.39 is 24.0 Å². The van der Waals surface area contributed by atoms with Gasteiger partial charge in [-0.3, -0.25) is 14.4 Å². The Morgan fingerprint density at radius 1 is 0.892 bits per heavy atom. The Balaban J connectivity index is 1.21. The Bertz CT molecular complexity index is 2640. The van der Waals surface area contributed by atoms with Crippen LogP contribution in [0, 0.1) is 31.6 Å². The van der Waals surface area contributed by atoms with Gasteiger partial charge in [-0.1, -0.05) is 63.2 Å². The third-order valence-corrected chi connectivity index (χ3v) is 10.2. The highest BCUT2D eigenvalue weighted by Crippen LogP contribution is 2.39. The van der Waals surface area contributed by atoms with E-state index in [0.717, 1.165) is 52.0 Å². The van der Waals surface area contributed by atoms with Gasteiger partial charge in [0.25, 0.3) is 11.8 Å². The number of rotatable bonds is 21. The lowest BCUT2D eigenvalue weighted by atomic mass is 9.86. The molecule has 1 aliphatic heterocycles. The fourth-order valence-corrected chi connectivity index (χ4v) is 7.08. The lowest BCUT2D eigenvalue weighted by Crippen LogP contribution is -2.34. The smallest absolute Gasteiger partial charge is 0.336 e. The Morgan fingerprint density at radius 2 is 1.65 bits per heavy atom. The van der Waals surface area contributed by atoms with Gasteiger partial charge in [0.2, 0.25) is 5.91 Å². The molecule has 0 saturated carbocycles. The van der Waals surface area contributed by atoms with Crippen molar-refractivity contribution in [1.82, 2.24) is 16.0 Å². The van der Waals surface area contributed by atoms with Gasteiger partial charge in [0.15, 0.2) is 6.23 Å². The first kappa shape index (κ1) is 48.9. The molecule has 0 aliphatic carbocycles. The van der Waals surface area contributed by atoms with Crippen LogP contribution < -0.4 is 35.9 Å². The summed E-state index contributed by atoms with van der Waals surface area (Å²) in [4.78, 5) is 54.2. The number of hydrogen-bond acceptors (Lipinski definition) is 9. The standard InChI is InChI=1S/C50H56N6O9/c1-7-11-34-27-43-41(23-32(34)5)47(42-24-33(6)35(12-8-2)28-44(42)65-43)40-26-37(16-17-39(40)50(60)61)49(59)54-20-19-53-48(58)36-14-9-15-38(25-36)64-30-46(55-56-51)63-22-21-62-29-45(57)52-18-10-13-31(3)4/h9,11,14-17,23-28,31,46H,7-8,12,18-22,29-30H2,1-6H3,(H,52,57)(H,53,58)(H,54,59)(H,60,61)/b34-11-. The number of ether oxygens (including phenoxy) is 4. The second kappa shape index (κ2) is 24.1. The van der Waals surface area contributed by atoms with Crippen LogP contribution in [0.4, 0.5) is 0 Å². The third kappa shape index (κ3) is 13.7. The molecule has 15 heteroatoms. The first-order chi connectivity index (χ1) is 31.3. The first-order valence-electron chi connectivity index (χ1n) is 21.7. The van der Waals surface area contributed by atoms with Crippen molar-refractivity contribution in [3.63, 3.8) is 0 Å². The van der Waals surface area contributed by atoms with Crippen LogP contribution in [0.25, 0.3) is 22.1 Å². The van der Waals surface area contributed by atoms with E-state index in [1.807, 2.05) is 52.0 Å². The number of benzene rings is 4. The Kier molecular flexibility index (Phi) is 18.1. The molecule has 15 nitrogen and oxygen atoms in total. The molecular formula is C50H56N6O9. The second-order valence-electron chi connectivity index (χ2n) is 15.6. The van der Waals surface area contributed by atoms with Crippen LogP contribution in [-0.4, -0.2) is 81.1 Å². The normalized spacial score (nSPS) is 12.1. The molecule has 3 amide bonds. The molecule has 0 spiro atoms. The summed E-state index contributed by atoms with van der Waals surface area (Å²) in [6, 6.07) is 19.0. The van der Waals surface area contributed by atoms with Crippen LogP contribution in [-0.2, 0) is 20.7 Å². The lowest BCUT2D eigenvalue weighted by Gasteiger charge is -2.24. The molecule has 1 aliphatic rings. The number of aryl methyl sites for hydroxylation is 3. The Hall–Kier alpha value is -7.11. The fraction of sp³-hybridized carbons (Fsp3) is 0.360. The third-order valence-electron chi connectivity index (χ3n) is 10.2. The molecule has 340 valence electrons. The number of carboxylic acid groups (broad SMARTS) is 1. The molecule has 0 radical (unpaired) electrons. The van der Waals surface area contributed by atoms with Crippen molar-refractivity contribution in [2.45, 2.75) is 67.0 Å². The van der Waals surface area contributed by atoms with Gasteiger partial charge in [0.05, 0.1) is 25.3 Å². The van der Waals surface area contributed by atoms with Gasteiger partial charge in [0.1, 0.15) is 30.5 Å². The van der Waals surface area contributed by atoms with E-state index >= 15 is 0 Å². The number of carbonyl (C=O) groups is 4. The summed E-state index contributed by atoms with van der Waals surface area (Å²) in [6.45, 7) is 12.3. The summed E-state index contributed by atoms with van der Waals surface area (Å²) in [5.41, 5.74) is 14.6. The summed E-state index contributed by atoms with van der Waals surface area (Å²) in [6.07, 6.45) is 3.76. The van der Waals surface area contributed by atoms with Crippen molar-refractivity contribution in [1.29, 1.82) is 0 Å². The van der Waals surface area contributed by atoms with Crippen molar-refractivity contribution in [2.75, 3.05) is 46.1 Å². The van der Waals surface area contributed by atoms with Crippen molar-refractivity contribution in [3.05, 3.63) is 132 Å². The van der Waals surface area contributed by atoms with E-state index in [1.165, 1.54) is 18.2 Å². The molecule has 0 bridgehead atoms. The van der Waals surface area contributed by atoms with Crippen molar-refractivity contribution >= 4 is 35.3 Å². The Labute approximate surface area is 378 Å². The van der Waals surface area contributed by atoms with E-state index in [9.17, 15) is 24.3 Å². The number of amides is 3. The highest BCUT2D eigenvalue weighted by atomic mass is 16.6. The van der Waals surface area contributed by atoms with Crippen LogP contribution in [0.5, 0.6) is 17.2 Å². The molecule has 4 aromatic rings. The second-order valence-corrected chi connectivity index (χ2v) is 15.6. The minimum absolute atomic E-state index is 0.0253. The molecule has 4 aromatic carbocycles. The maximum atomic E-state index is 13.6. The van der Waals surface area contributed by atoms with Gasteiger partial charge in [-0.2, -0.15) is 0 Å². The SMILES string of the molecule is CC/C=c1/cc2c(cc1C)=C(c1cc(C(=O)NCCNC(=O)c3cccc(OCC(N=[N+]=[N-])OCCOCC(=O)NCC#CC(C)C)c3)ccc1C(=O)O)c1cc(C)c(CCC)cc1O2. The number of nitrogens with one attached hydrogen (secondary N) is 3. The monoisotopic (exact) mass is 884 g/mol. The van der Waals surface area contributed by atoms with Gasteiger partial charge in [-0.15, -0.1) is 0 Å². The molecule has 0 aromatic heterocycles. The van der Waals surface area contributed by atoms with Crippen LogP contribution >= 0.6 is 0 Å². The average Bonchev–Trinajstić information content (AvgIpc) is 3.28. The van der Waals surface area contributed by atoms with Crippen LogP contribution in [0.1, 0.15) is 99.4 Å². The highest BCUT2D eigenvalue weighted by molar-refractivity contribution is 6.02. The number of aromatic carboxylic acids is 1. The quantitative estimate of drug-likeness (QED) is 0.0209. The summed E-state index contributed by atoms with van der Waals surface area (Å²) in [7, 11) is 0. The number of carboxylic acids is 1. The molecule has 0 fully saturated rings. The topological polar surface area (TPSA) is 210 Å². The molecule has 65 heavy (non-hydrogen) atoms. The predicted molar refractivity (Wildman–Crippen MR) is 247 cm³/mol. The number of nitrogens with zero attached hydrogens (tertiary/aromatic N) is 3. The summed E-state index contributed by atoms with van der Waals surface area (Å²) >= 11 is 0. The zero-order valence-electron chi connectivity index (χ0n) is 37.7.